The van der Waals surface area contributed by atoms with Crippen LogP contribution in [-0.2, 0) is 9.84 Å². The summed E-state index contributed by atoms with van der Waals surface area (Å²) in [7, 11) is -3.26. The van der Waals surface area contributed by atoms with Crippen molar-refractivity contribution in [1.29, 1.82) is 0 Å². The number of nitrogen functional groups attached to an aromatic ring is 1. The number of anilines is 2. The van der Waals surface area contributed by atoms with Crippen LogP contribution in [0.5, 0.6) is 0 Å². The van der Waals surface area contributed by atoms with Gasteiger partial charge in [0.25, 0.3) is 0 Å². The van der Waals surface area contributed by atoms with Crippen LogP contribution >= 0.6 is 11.6 Å². The molecule has 0 aliphatic heterocycles. The minimum Gasteiger partial charge on any atom is -0.382 e. The fourth-order valence-corrected chi connectivity index (χ4v) is 3.22. The SMILES string of the molecule is Nc1ncnc(NCCCS(=O)(=O)c2ccccc2)c1Cl. The molecule has 0 spiro atoms. The molecule has 0 amide bonds. The molecule has 2 aromatic rings. The van der Waals surface area contributed by atoms with Crippen molar-refractivity contribution in [2.45, 2.75) is 11.3 Å². The number of aromatic nitrogens is 2. The molecule has 0 radical (unpaired) electrons. The normalized spacial score (nSPS) is 11.3. The minimum atomic E-state index is -3.26. The Morgan fingerprint density at radius 1 is 1.19 bits per heavy atom. The van der Waals surface area contributed by atoms with Crippen molar-refractivity contribution >= 4 is 33.1 Å². The van der Waals surface area contributed by atoms with Gasteiger partial charge in [-0.1, -0.05) is 29.8 Å². The lowest BCUT2D eigenvalue weighted by Gasteiger charge is -2.08. The molecule has 0 fully saturated rings. The number of nitrogens with two attached hydrogens (primary N) is 1. The first-order chi connectivity index (χ1) is 10.0. The van der Waals surface area contributed by atoms with Gasteiger partial charge in [-0.05, 0) is 18.6 Å². The molecule has 21 heavy (non-hydrogen) atoms. The van der Waals surface area contributed by atoms with Crippen molar-refractivity contribution in [3.05, 3.63) is 41.7 Å². The molecule has 0 saturated heterocycles. The quantitative estimate of drug-likeness (QED) is 0.788. The zero-order chi connectivity index (χ0) is 15.3. The Morgan fingerprint density at radius 2 is 1.90 bits per heavy atom. The van der Waals surface area contributed by atoms with Crippen molar-refractivity contribution in [1.82, 2.24) is 9.97 Å². The second-order valence-corrected chi connectivity index (χ2v) is 6.82. The first kappa shape index (κ1) is 15.5. The monoisotopic (exact) mass is 326 g/mol. The lowest BCUT2D eigenvalue weighted by molar-refractivity contribution is 0.594. The smallest absolute Gasteiger partial charge is 0.178 e. The molecule has 3 N–H and O–H groups in total. The average Bonchev–Trinajstić information content (AvgIpc) is 2.48. The van der Waals surface area contributed by atoms with Crippen LogP contribution in [0.25, 0.3) is 0 Å². The van der Waals surface area contributed by atoms with E-state index in [0.717, 1.165) is 0 Å². The molecular formula is C13H15ClN4O2S. The van der Waals surface area contributed by atoms with E-state index >= 15 is 0 Å². The molecular weight excluding hydrogens is 312 g/mol. The molecule has 0 unspecified atom stereocenters. The summed E-state index contributed by atoms with van der Waals surface area (Å²) in [6.45, 7) is 0.419. The Bertz CT molecular complexity index is 707. The zero-order valence-corrected chi connectivity index (χ0v) is 12.7. The number of rotatable bonds is 6. The Morgan fingerprint density at radius 3 is 2.62 bits per heavy atom. The summed E-state index contributed by atoms with van der Waals surface area (Å²) < 4.78 is 24.1. The van der Waals surface area contributed by atoms with Gasteiger partial charge < -0.3 is 11.1 Å². The summed E-state index contributed by atoms with van der Waals surface area (Å²) in [6, 6.07) is 8.36. The Balaban J connectivity index is 1.89. The van der Waals surface area contributed by atoms with Crippen LogP contribution < -0.4 is 11.1 Å². The molecule has 6 nitrogen and oxygen atoms in total. The lowest BCUT2D eigenvalue weighted by Crippen LogP contribution is -2.12. The van der Waals surface area contributed by atoms with Crippen molar-refractivity contribution in [2.24, 2.45) is 0 Å². The van der Waals surface area contributed by atoms with Crippen molar-refractivity contribution < 1.29 is 8.42 Å². The third kappa shape index (κ3) is 4.05. The molecule has 112 valence electrons. The minimum absolute atomic E-state index is 0.0438. The van der Waals surface area contributed by atoms with Gasteiger partial charge in [0.2, 0.25) is 0 Å². The van der Waals surface area contributed by atoms with Gasteiger partial charge in [-0.15, -0.1) is 0 Å². The van der Waals surface area contributed by atoms with Gasteiger partial charge in [0, 0.05) is 6.54 Å². The van der Waals surface area contributed by atoms with E-state index in [1.807, 2.05) is 0 Å². The predicted molar refractivity (Wildman–Crippen MR) is 83.1 cm³/mol. The maximum absolute atomic E-state index is 12.1. The highest BCUT2D eigenvalue weighted by molar-refractivity contribution is 7.91. The lowest BCUT2D eigenvalue weighted by atomic mass is 10.4. The van der Waals surface area contributed by atoms with E-state index in [2.05, 4.69) is 15.3 Å². The van der Waals surface area contributed by atoms with E-state index in [1.54, 1.807) is 30.3 Å². The summed E-state index contributed by atoms with van der Waals surface area (Å²) in [5, 5.41) is 3.19. The van der Waals surface area contributed by atoms with Crippen LogP contribution in [0.1, 0.15) is 6.42 Å². The topological polar surface area (TPSA) is 98.0 Å². The van der Waals surface area contributed by atoms with E-state index in [0.29, 0.717) is 23.7 Å². The van der Waals surface area contributed by atoms with Gasteiger partial charge in [-0.3, -0.25) is 0 Å². The van der Waals surface area contributed by atoms with Crippen molar-refractivity contribution in [2.75, 3.05) is 23.3 Å². The summed E-state index contributed by atoms with van der Waals surface area (Å²) in [5.74, 6) is 0.634. The number of nitrogens with one attached hydrogen (secondary N) is 1. The number of sulfone groups is 1. The first-order valence-electron chi connectivity index (χ1n) is 6.28. The van der Waals surface area contributed by atoms with E-state index in [4.69, 9.17) is 17.3 Å². The number of halogens is 1. The largest absolute Gasteiger partial charge is 0.382 e. The van der Waals surface area contributed by atoms with Crippen LogP contribution in [0.4, 0.5) is 11.6 Å². The second kappa shape index (κ2) is 6.73. The van der Waals surface area contributed by atoms with Gasteiger partial charge in [0.15, 0.2) is 9.84 Å². The summed E-state index contributed by atoms with van der Waals surface area (Å²) in [4.78, 5) is 8.02. The van der Waals surface area contributed by atoms with Gasteiger partial charge in [-0.25, -0.2) is 18.4 Å². The van der Waals surface area contributed by atoms with Gasteiger partial charge in [0.05, 0.1) is 10.6 Å². The standard InChI is InChI=1S/C13H15ClN4O2S/c14-11-12(15)17-9-18-13(11)16-7-4-8-21(19,20)10-5-2-1-3-6-10/h1-3,5-6,9H,4,7-8H2,(H3,15,16,17,18). The zero-order valence-electron chi connectivity index (χ0n) is 11.2. The Labute approximate surface area is 128 Å². The molecule has 1 aromatic heterocycles. The summed E-state index contributed by atoms with van der Waals surface area (Å²) >= 11 is 5.93. The van der Waals surface area contributed by atoms with Gasteiger partial charge in [0.1, 0.15) is 23.0 Å². The third-order valence-corrected chi connectivity index (χ3v) is 4.99. The molecule has 1 aromatic carbocycles. The molecule has 1 heterocycles. The average molecular weight is 327 g/mol. The van der Waals surface area contributed by atoms with E-state index in [-0.39, 0.29) is 16.6 Å². The highest BCUT2D eigenvalue weighted by Crippen LogP contribution is 2.23. The molecule has 8 heteroatoms. The van der Waals surface area contributed by atoms with Crippen LogP contribution in [-0.4, -0.2) is 30.7 Å². The van der Waals surface area contributed by atoms with E-state index in [1.165, 1.54) is 6.33 Å². The summed E-state index contributed by atoms with van der Waals surface area (Å²) in [5.41, 5.74) is 5.55. The highest BCUT2D eigenvalue weighted by atomic mass is 35.5. The molecule has 0 bridgehead atoms. The van der Waals surface area contributed by atoms with Crippen LogP contribution in [0.2, 0.25) is 5.02 Å². The number of hydrogen-bond donors (Lipinski definition) is 2. The second-order valence-electron chi connectivity index (χ2n) is 4.33. The van der Waals surface area contributed by atoms with Crippen LogP contribution in [0, 0.1) is 0 Å². The number of nitrogens with zero attached hydrogens (tertiary/aromatic N) is 2. The first-order valence-corrected chi connectivity index (χ1v) is 8.31. The fraction of sp³-hybridized carbons (Fsp3) is 0.231. The van der Waals surface area contributed by atoms with Gasteiger partial charge in [-0.2, -0.15) is 0 Å². The third-order valence-electron chi connectivity index (χ3n) is 2.80. The number of benzene rings is 1. The molecule has 2 rings (SSSR count). The van der Waals surface area contributed by atoms with E-state index in [9.17, 15) is 8.42 Å². The summed E-state index contributed by atoms with van der Waals surface area (Å²) in [6.07, 6.45) is 1.72. The predicted octanol–water partition coefficient (Wildman–Crippen LogP) is 1.99. The molecule has 0 atom stereocenters. The molecule has 0 aliphatic rings. The van der Waals surface area contributed by atoms with Crippen molar-refractivity contribution in [3.8, 4) is 0 Å². The van der Waals surface area contributed by atoms with Gasteiger partial charge >= 0.3 is 0 Å². The van der Waals surface area contributed by atoms with Crippen LogP contribution in [0.15, 0.2) is 41.6 Å². The molecule has 0 saturated carbocycles. The number of hydrogen-bond acceptors (Lipinski definition) is 6. The molecule has 0 aliphatic carbocycles. The Kier molecular flexibility index (Phi) is 4.98. The van der Waals surface area contributed by atoms with E-state index < -0.39 is 9.84 Å². The Hall–Kier alpha value is -1.86. The fourth-order valence-electron chi connectivity index (χ4n) is 1.72. The van der Waals surface area contributed by atoms with Crippen molar-refractivity contribution in [3.63, 3.8) is 0 Å². The maximum atomic E-state index is 12.1. The highest BCUT2D eigenvalue weighted by Gasteiger charge is 2.13. The van der Waals surface area contributed by atoms with Crippen LogP contribution in [0.3, 0.4) is 0 Å². The maximum Gasteiger partial charge on any atom is 0.178 e.